The van der Waals surface area contributed by atoms with Crippen molar-refractivity contribution in [2.45, 2.75) is 26.7 Å². The van der Waals surface area contributed by atoms with Crippen molar-refractivity contribution in [1.29, 1.82) is 0 Å². The zero-order valence-corrected chi connectivity index (χ0v) is 22.5. The predicted molar refractivity (Wildman–Crippen MR) is 153 cm³/mol. The fourth-order valence-electron chi connectivity index (χ4n) is 4.38. The summed E-state index contributed by atoms with van der Waals surface area (Å²) in [5.74, 6) is 0.976. The molecule has 1 aromatic heterocycles. The number of nitrogens with zero attached hydrogens (tertiary/aromatic N) is 5. The number of hydrogen-bond donors (Lipinski definition) is 2. The van der Waals surface area contributed by atoms with Crippen molar-refractivity contribution in [3.8, 4) is 22.8 Å². The third-order valence-electron chi connectivity index (χ3n) is 6.45. The minimum Gasteiger partial charge on any atom is -0.508 e. The number of urea groups is 1. The Hall–Kier alpha value is -4.44. The van der Waals surface area contributed by atoms with Gasteiger partial charge in [0, 0.05) is 12.1 Å². The van der Waals surface area contributed by atoms with Crippen LogP contribution < -0.4 is 10.2 Å². The number of aromatic nitrogens is 3. The number of aliphatic imine (C=N–C) groups is 1. The number of carbonyl (C=O) groups is 2. The Morgan fingerprint density at radius 3 is 2.67 bits per heavy atom. The number of rotatable bonds is 7. The Balaban J connectivity index is 1.21. The second kappa shape index (κ2) is 11.5. The molecule has 0 spiro atoms. The van der Waals surface area contributed by atoms with Crippen LogP contribution in [0.3, 0.4) is 0 Å². The van der Waals surface area contributed by atoms with Crippen molar-refractivity contribution in [1.82, 2.24) is 20.1 Å². The highest BCUT2D eigenvalue weighted by molar-refractivity contribution is 8.15. The van der Waals surface area contributed by atoms with Gasteiger partial charge in [-0.05, 0) is 72.9 Å². The number of amides is 3. The van der Waals surface area contributed by atoms with E-state index in [4.69, 9.17) is 0 Å². The van der Waals surface area contributed by atoms with Crippen LogP contribution in [0.25, 0.3) is 17.1 Å². The lowest BCUT2D eigenvalue weighted by Gasteiger charge is -2.19. The number of amidine groups is 1. The Labute approximate surface area is 230 Å². The third kappa shape index (κ3) is 5.85. The highest BCUT2D eigenvalue weighted by Crippen LogP contribution is 2.30. The molecule has 9 nitrogen and oxygen atoms in total. The van der Waals surface area contributed by atoms with Gasteiger partial charge in [-0.25, -0.2) is 14.5 Å². The summed E-state index contributed by atoms with van der Waals surface area (Å²) in [6.45, 7) is 4.46. The normalized spacial score (nSPS) is 14.3. The molecule has 3 aromatic carbocycles. The van der Waals surface area contributed by atoms with Crippen molar-refractivity contribution in [3.05, 3.63) is 89.7 Å². The van der Waals surface area contributed by atoms with Crippen molar-refractivity contribution >= 4 is 34.6 Å². The maximum atomic E-state index is 12.6. The first-order valence-corrected chi connectivity index (χ1v) is 13.6. The molecule has 0 aliphatic carbocycles. The lowest BCUT2D eigenvalue weighted by Crippen LogP contribution is -2.32. The standard InChI is InChI=1S/C29H28N6O3S/c1-3-20-6-4-5-7-25(20)35-26(37)17-39-29(35)32-28(38)30-15-14-21-8-9-22(16-19(21)2)27-31-18-34(33-27)23-10-12-24(36)13-11-23/h4-13,16,18,36H,3,14-15,17H2,1-2H3,(H,30,38). The average Bonchev–Trinajstić information content (AvgIpc) is 3.57. The van der Waals surface area contributed by atoms with Gasteiger partial charge < -0.3 is 10.4 Å². The zero-order chi connectivity index (χ0) is 27.4. The van der Waals surface area contributed by atoms with E-state index in [2.05, 4.69) is 20.4 Å². The lowest BCUT2D eigenvalue weighted by molar-refractivity contribution is -0.115. The minimum absolute atomic E-state index is 0.0782. The first-order valence-electron chi connectivity index (χ1n) is 12.6. The van der Waals surface area contributed by atoms with E-state index in [0.29, 0.717) is 24.0 Å². The molecule has 1 aliphatic heterocycles. The van der Waals surface area contributed by atoms with Gasteiger partial charge in [-0.1, -0.05) is 49.0 Å². The van der Waals surface area contributed by atoms with Gasteiger partial charge in [-0.3, -0.25) is 9.69 Å². The second-order valence-corrected chi connectivity index (χ2v) is 9.99. The summed E-state index contributed by atoms with van der Waals surface area (Å²) in [6, 6.07) is 20.0. The highest BCUT2D eigenvalue weighted by atomic mass is 32.2. The molecule has 0 bridgehead atoms. The first kappa shape index (κ1) is 26.2. The van der Waals surface area contributed by atoms with Crippen LogP contribution in [0, 0.1) is 6.92 Å². The number of benzene rings is 3. The van der Waals surface area contributed by atoms with Gasteiger partial charge in [-0.2, -0.15) is 4.99 Å². The highest BCUT2D eigenvalue weighted by Gasteiger charge is 2.31. The Bertz CT molecular complexity index is 1550. The number of thioether (sulfide) groups is 1. The molecule has 4 aromatic rings. The number of phenols is 1. The van der Waals surface area contributed by atoms with E-state index in [0.717, 1.165) is 40.0 Å². The van der Waals surface area contributed by atoms with Crippen molar-refractivity contribution in [2.24, 2.45) is 4.99 Å². The van der Waals surface area contributed by atoms with E-state index in [1.54, 1.807) is 40.2 Å². The van der Waals surface area contributed by atoms with E-state index < -0.39 is 6.03 Å². The van der Waals surface area contributed by atoms with Crippen molar-refractivity contribution in [3.63, 3.8) is 0 Å². The van der Waals surface area contributed by atoms with E-state index in [1.807, 2.05) is 56.3 Å². The van der Waals surface area contributed by atoms with E-state index in [1.165, 1.54) is 11.8 Å². The SMILES string of the molecule is CCc1ccccc1N1C(=O)CSC1=NC(=O)NCCc1ccc(-c2ncn(-c3ccc(O)cc3)n2)cc1C. The van der Waals surface area contributed by atoms with E-state index >= 15 is 0 Å². The summed E-state index contributed by atoms with van der Waals surface area (Å²) in [5.41, 5.74) is 5.65. The molecule has 0 saturated carbocycles. The summed E-state index contributed by atoms with van der Waals surface area (Å²) >= 11 is 1.27. The molecule has 0 atom stereocenters. The third-order valence-corrected chi connectivity index (χ3v) is 7.38. The molecule has 1 aliphatic rings. The van der Waals surface area contributed by atoms with Crippen LogP contribution in [-0.4, -0.2) is 49.3 Å². The first-order chi connectivity index (χ1) is 18.9. The van der Waals surface area contributed by atoms with Crippen LogP contribution in [0.4, 0.5) is 10.5 Å². The van der Waals surface area contributed by atoms with E-state index in [-0.39, 0.29) is 17.4 Å². The summed E-state index contributed by atoms with van der Waals surface area (Å²) in [7, 11) is 0. The molecule has 0 unspecified atom stereocenters. The minimum atomic E-state index is -0.468. The molecule has 1 fully saturated rings. The van der Waals surface area contributed by atoms with E-state index in [9.17, 15) is 14.7 Å². The molecule has 10 heteroatoms. The fraction of sp³-hybridized carbons (Fsp3) is 0.207. The Morgan fingerprint density at radius 2 is 1.90 bits per heavy atom. The van der Waals surface area contributed by atoms with Gasteiger partial charge in [0.1, 0.15) is 12.1 Å². The quantitative estimate of drug-likeness (QED) is 0.345. The number of aryl methyl sites for hydroxylation is 2. The number of nitrogens with one attached hydrogen (secondary N) is 1. The fourth-order valence-corrected chi connectivity index (χ4v) is 5.24. The van der Waals surface area contributed by atoms with Gasteiger partial charge >= 0.3 is 6.03 Å². The van der Waals surface area contributed by atoms with Gasteiger partial charge in [-0.15, -0.1) is 5.10 Å². The maximum absolute atomic E-state index is 12.6. The molecular formula is C29H28N6O3S. The smallest absolute Gasteiger partial charge is 0.343 e. The topological polar surface area (TPSA) is 113 Å². The van der Waals surface area contributed by atoms with Gasteiger partial charge in [0.25, 0.3) is 0 Å². The molecule has 0 radical (unpaired) electrons. The Morgan fingerprint density at radius 1 is 1.10 bits per heavy atom. The van der Waals surface area contributed by atoms with Crippen molar-refractivity contribution < 1.29 is 14.7 Å². The number of aromatic hydroxyl groups is 1. The van der Waals surface area contributed by atoms with Gasteiger partial charge in [0.15, 0.2) is 11.0 Å². The predicted octanol–water partition coefficient (Wildman–Crippen LogP) is 4.90. The molecule has 1 saturated heterocycles. The molecule has 2 N–H and O–H groups in total. The van der Waals surface area contributed by atoms with Crippen molar-refractivity contribution in [2.75, 3.05) is 17.2 Å². The molecule has 198 valence electrons. The Kier molecular flexibility index (Phi) is 7.74. The number of phenolic OH excluding ortho intramolecular Hbond substituents is 1. The summed E-state index contributed by atoms with van der Waals surface area (Å²) in [6.07, 6.45) is 3.05. The van der Waals surface area contributed by atoms with Crippen LogP contribution >= 0.6 is 11.8 Å². The number of anilines is 1. The maximum Gasteiger partial charge on any atom is 0.343 e. The monoisotopic (exact) mass is 540 g/mol. The van der Waals surface area contributed by atoms with Crippen LogP contribution in [0.1, 0.15) is 23.6 Å². The molecule has 39 heavy (non-hydrogen) atoms. The number of carbonyl (C=O) groups excluding carboxylic acids is 2. The average molecular weight is 541 g/mol. The zero-order valence-electron chi connectivity index (χ0n) is 21.7. The molecule has 2 heterocycles. The van der Waals surface area contributed by atoms with Crippen LogP contribution in [0.5, 0.6) is 5.75 Å². The van der Waals surface area contributed by atoms with Gasteiger partial charge in [0.05, 0.1) is 17.1 Å². The molecule has 3 amide bonds. The van der Waals surface area contributed by atoms with Crippen LogP contribution in [0.2, 0.25) is 0 Å². The van der Waals surface area contributed by atoms with Crippen LogP contribution in [0.15, 0.2) is 78.0 Å². The molecule has 5 rings (SSSR count). The van der Waals surface area contributed by atoms with Gasteiger partial charge in [0.2, 0.25) is 5.91 Å². The summed E-state index contributed by atoms with van der Waals surface area (Å²) in [4.78, 5) is 35.3. The number of hydrogen-bond acceptors (Lipinski definition) is 6. The largest absolute Gasteiger partial charge is 0.508 e. The second-order valence-electron chi connectivity index (χ2n) is 9.05. The summed E-state index contributed by atoms with van der Waals surface area (Å²) in [5, 5.41) is 17.3. The molecular weight excluding hydrogens is 512 g/mol. The lowest BCUT2D eigenvalue weighted by atomic mass is 10.0. The van der Waals surface area contributed by atoms with Crippen LogP contribution in [-0.2, 0) is 17.6 Å². The summed E-state index contributed by atoms with van der Waals surface area (Å²) < 4.78 is 1.66. The number of para-hydroxylation sites is 1.